The molecule has 0 spiro atoms. The molecule has 0 aliphatic heterocycles. The Morgan fingerprint density at radius 1 is 0.733 bits per heavy atom. The lowest BCUT2D eigenvalue weighted by molar-refractivity contribution is 0.398. The fraction of sp³-hybridized carbons (Fsp3) is 0.0476. The van der Waals surface area contributed by atoms with Gasteiger partial charge in [0, 0.05) is 30.9 Å². The summed E-state index contributed by atoms with van der Waals surface area (Å²) >= 11 is 1.27. The van der Waals surface area contributed by atoms with Gasteiger partial charge in [0.25, 0.3) is 20.2 Å². The highest BCUT2D eigenvalue weighted by molar-refractivity contribution is 7.87. The molecule has 1 heterocycles. The van der Waals surface area contributed by atoms with Gasteiger partial charge in [-0.3, -0.25) is 8.74 Å². The predicted octanol–water partition coefficient (Wildman–Crippen LogP) is 4.94. The lowest BCUT2D eigenvalue weighted by Gasteiger charge is -2.09. The van der Waals surface area contributed by atoms with Crippen molar-refractivity contribution in [1.29, 1.82) is 0 Å². The first kappa shape index (κ1) is 19.4. The second kappa shape index (κ2) is 6.47. The fourth-order valence-electron chi connectivity index (χ4n) is 3.94. The number of rotatable bonds is 3. The van der Waals surface area contributed by atoms with Crippen molar-refractivity contribution in [3.63, 3.8) is 0 Å². The molecule has 1 aromatic heterocycles. The summed E-state index contributed by atoms with van der Waals surface area (Å²) in [4.78, 5) is -0.120. The minimum absolute atomic E-state index is 0.0546. The van der Waals surface area contributed by atoms with E-state index in [0.29, 0.717) is 25.6 Å². The van der Waals surface area contributed by atoms with E-state index in [-0.39, 0.29) is 9.79 Å². The zero-order chi connectivity index (χ0) is 21.3. The highest BCUT2D eigenvalue weighted by Gasteiger charge is 2.23. The van der Waals surface area contributed by atoms with E-state index in [2.05, 4.69) is 0 Å². The molecule has 30 heavy (non-hydrogen) atoms. The zero-order valence-corrected chi connectivity index (χ0v) is 17.9. The molecule has 0 amide bonds. The zero-order valence-electron chi connectivity index (χ0n) is 15.5. The standard InChI is InChI=1S/C21H14O6S3/c1-27-30(25,26)19-11-17-21(15-9-5-3-7-13(15)19)20-14-8-4-2-6-12(14)18(29(22,23)24)10-16(20)28-17/h2-11H,1H3,(H,22,23,24). The number of fused-ring (bicyclic) bond motifs is 7. The van der Waals surface area contributed by atoms with Gasteiger partial charge >= 0.3 is 0 Å². The smallest absolute Gasteiger partial charge is 0.282 e. The summed E-state index contributed by atoms with van der Waals surface area (Å²) in [6.45, 7) is 0. The summed E-state index contributed by atoms with van der Waals surface area (Å²) in [6, 6.07) is 17.1. The molecule has 5 aromatic rings. The average Bonchev–Trinajstić information content (AvgIpc) is 3.11. The van der Waals surface area contributed by atoms with E-state index in [4.69, 9.17) is 4.18 Å². The van der Waals surface area contributed by atoms with Gasteiger partial charge in [-0.25, -0.2) is 0 Å². The SMILES string of the molecule is COS(=O)(=O)c1cc2sc3cc(S(=O)(=O)O)c4ccccc4c3c2c2ccccc12. The maximum Gasteiger partial charge on any atom is 0.297 e. The van der Waals surface area contributed by atoms with E-state index in [0.717, 1.165) is 23.3 Å². The highest BCUT2D eigenvalue weighted by atomic mass is 32.2. The normalized spacial score (nSPS) is 13.0. The van der Waals surface area contributed by atoms with E-state index in [1.807, 2.05) is 12.1 Å². The Morgan fingerprint density at radius 3 is 1.63 bits per heavy atom. The van der Waals surface area contributed by atoms with Gasteiger partial charge < -0.3 is 0 Å². The third kappa shape index (κ3) is 2.74. The summed E-state index contributed by atoms with van der Waals surface area (Å²) in [5.41, 5.74) is 0. The molecule has 1 N–H and O–H groups in total. The van der Waals surface area contributed by atoms with Crippen molar-refractivity contribution in [1.82, 2.24) is 0 Å². The van der Waals surface area contributed by atoms with Crippen molar-refractivity contribution in [2.24, 2.45) is 0 Å². The van der Waals surface area contributed by atoms with E-state index >= 15 is 0 Å². The van der Waals surface area contributed by atoms with Gasteiger partial charge in [0.1, 0.15) is 9.79 Å². The number of benzene rings is 4. The van der Waals surface area contributed by atoms with Crippen LogP contribution in [0, 0.1) is 0 Å². The molecule has 4 aromatic carbocycles. The molecule has 152 valence electrons. The van der Waals surface area contributed by atoms with Crippen LogP contribution in [0.1, 0.15) is 0 Å². The van der Waals surface area contributed by atoms with Crippen LogP contribution in [0.25, 0.3) is 41.7 Å². The summed E-state index contributed by atoms with van der Waals surface area (Å²) in [5, 5.41) is 3.97. The molecule has 0 aliphatic rings. The quantitative estimate of drug-likeness (QED) is 0.304. The van der Waals surface area contributed by atoms with Crippen LogP contribution in [-0.2, 0) is 24.4 Å². The lowest BCUT2D eigenvalue weighted by atomic mass is 9.99. The monoisotopic (exact) mass is 458 g/mol. The van der Waals surface area contributed by atoms with Gasteiger partial charge in [-0.2, -0.15) is 16.8 Å². The summed E-state index contributed by atoms with van der Waals surface area (Å²) in [5.74, 6) is 0. The molecule has 0 fully saturated rings. The summed E-state index contributed by atoms with van der Waals surface area (Å²) in [7, 11) is -7.29. The van der Waals surface area contributed by atoms with Crippen molar-refractivity contribution in [2.75, 3.05) is 7.11 Å². The Hall–Kier alpha value is -2.56. The summed E-state index contributed by atoms with van der Waals surface area (Å²) < 4.78 is 64.9. The maximum atomic E-state index is 12.5. The van der Waals surface area contributed by atoms with E-state index in [9.17, 15) is 21.4 Å². The molecule has 9 heteroatoms. The van der Waals surface area contributed by atoms with E-state index in [1.54, 1.807) is 42.5 Å². The predicted molar refractivity (Wildman–Crippen MR) is 118 cm³/mol. The topological polar surface area (TPSA) is 97.7 Å². The van der Waals surface area contributed by atoms with Crippen LogP contribution in [0.3, 0.4) is 0 Å². The molecule has 5 rings (SSSR count). The lowest BCUT2D eigenvalue weighted by Crippen LogP contribution is -2.03. The molecule has 6 nitrogen and oxygen atoms in total. The molecule has 0 unspecified atom stereocenters. The van der Waals surface area contributed by atoms with Gasteiger partial charge in [0.2, 0.25) is 0 Å². The van der Waals surface area contributed by atoms with Crippen LogP contribution in [0.15, 0.2) is 70.5 Å². The average molecular weight is 459 g/mol. The second-order valence-electron chi connectivity index (χ2n) is 6.78. The van der Waals surface area contributed by atoms with Crippen molar-refractivity contribution < 1.29 is 25.6 Å². The third-order valence-electron chi connectivity index (χ3n) is 5.18. The second-order valence-corrected chi connectivity index (χ2v) is 10.9. The van der Waals surface area contributed by atoms with Crippen LogP contribution < -0.4 is 0 Å². The van der Waals surface area contributed by atoms with Gasteiger partial charge in [0.05, 0.1) is 7.11 Å². The molecular weight excluding hydrogens is 444 g/mol. The number of thiophene rings is 1. The molecule has 0 aliphatic carbocycles. The molecule has 0 saturated heterocycles. The molecule has 0 atom stereocenters. The van der Waals surface area contributed by atoms with Crippen LogP contribution in [0.2, 0.25) is 0 Å². The minimum atomic E-state index is -4.45. The maximum absolute atomic E-state index is 12.5. The molecule has 0 bridgehead atoms. The molecule has 0 radical (unpaired) electrons. The third-order valence-corrected chi connectivity index (χ3v) is 8.47. The first-order valence-electron chi connectivity index (χ1n) is 8.80. The number of hydrogen-bond donors (Lipinski definition) is 1. The Kier molecular flexibility index (Phi) is 4.18. The Balaban J connectivity index is 2.10. The first-order valence-corrected chi connectivity index (χ1v) is 12.5. The van der Waals surface area contributed by atoms with Crippen molar-refractivity contribution >= 4 is 73.3 Å². The van der Waals surface area contributed by atoms with Crippen molar-refractivity contribution in [3.05, 3.63) is 60.7 Å². The number of hydrogen-bond acceptors (Lipinski definition) is 6. The molecular formula is C21H14O6S3. The largest absolute Gasteiger partial charge is 0.297 e. The summed E-state index contributed by atoms with van der Waals surface area (Å²) in [6.07, 6.45) is 0. The van der Waals surface area contributed by atoms with Crippen LogP contribution >= 0.6 is 11.3 Å². The van der Waals surface area contributed by atoms with Crippen molar-refractivity contribution in [3.8, 4) is 0 Å². The van der Waals surface area contributed by atoms with Crippen LogP contribution in [-0.4, -0.2) is 28.5 Å². The van der Waals surface area contributed by atoms with Gasteiger partial charge in [-0.15, -0.1) is 11.3 Å². The van der Waals surface area contributed by atoms with Gasteiger partial charge in [-0.1, -0.05) is 48.5 Å². The minimum Gasteiger partial charge on any atom is -0.282 e. The van der Waals surface area contributed by atoms with Gasteiger partial charge in [-0.05, 0) is 22.9 Å². The Bertz CT molecular complexity index is 1710. The van der Waals surface area contributed by atoms with E-state index < -0.39 is 20.2 Å². The Morgan fingerprint density at radius 2 is 1.17 bits per heavy atom. The highest BCUT2D eigenvalue weighted by Crippen LogP contribution is 2.45. The Labute approximate surface area is 176 Å². The first-order chi connectivity index (χ1) is 14.2. The van der Waals surface area contributed by atoms with Crippen LogP contribution in [0.5, 0.6) is 0 Å². The van der Waals surface area contributed by atoms with E-state index in [1.165, 1.54) is 17.4 Å². The van der Waals surface area contributed by atoms with Crippen LogP contribution in [0.4, 0.5) is 0 Å². The molecule has 0 saturated carbocycles. The van der Waals surface area contributed by atoms with Crippen molar-refractivity contribution in [2.45, 2.75) is 9.79 Å². The fourth-order valence-corrected chi connectivity index (χ4v) is 6.92. The van der Waals surface area contributed by atoms with Gasteiger partial charge in [0.15, 0.2) is 0 Å².